The molecule has 2 aliphatic rings. The summed E-state index contributed by atoms with van der Waals surface area (Å²) < 4.78 is 42.3. The van der Waals surface area contributed by atoms with Gasteiger partial charge in [-0.3, -0.25) is 18.5 Å². The number of aliphatic hydroxyl groups excluding tert-OH is 5. The molecule has 4 heterocycles. The van der Waals surface area contributed by atoms with Crippen LogP contribution in [0.1, 0.15) is 20.8 Å². The molecule has 3 aromatic rings. The second-order valence-electron chi connectivity index (χ2n) is 12.9. The Labute approximate surface area is 318 Å². The minimum absolute atomic E-state index is 0.0546. The lowest BCUT2D eigenvalue weighted by molar-refractivity contribution is -0.151. The number of aliphatic hydroxyl groups is 5. The van der Waals surface area contributed by atoms with Gasteiger partial charge in [0.05, 0.1) is 31.4 Å². The molecule has 2 aromatic heterocycles. The van der Waals surface area contributed by atoms with Crippen LogP contribution in [0.2, 0.25) is 0 Å². The Bertz CT molecular complexity index is 2110. The van der Waals surface area contributed by atoms with Crippen molar-refractivity contribution in [3.8, 4) is 17.9 Å². The van der Waals surface area contributed by atoms with Crippen LogP contribution in [0.4, 0.5) is 11.6 Å². The number of nitrogens with two attached hydrogens (primary N) is 2. The Morgan fingerprint density at radius 3 is 1.80 bits per heavy atom. The van der Waals surface area contributed by atoms with Crippen LogP contribution < -0.4 is 27.4 Å². The van der Waals surface area contributed by atoms with Gasteiger partial charge in [0, 0.05) is 12.4 Å². The first kappa shape index (κ1) is 43.5. The highest BCUT2D eigenvalue weighted by Gasteiger charge is 2.58. The summed E-state index contributed by atoms with van der Waals surface area (Å²) in [4.78, 5) is 43.3. The van der Waals surface area contributed by atoms with Gasteiger partial charge in [-0.2, -0.15) is 20.5 Å². The molecule has 0 unspecified atom stereocenters. The first-order valence-corrected chi connectivity index (χ1v) is 18.5. The topological polar surface area (TPSA) is 351 Å². The Hall–Kier alpha value is -5.26. The highest BCUT2D eigenvalue weighted by molar-refractivity contribution is 7.54. The lowest BCUT2D eigenvalue weighted by atomic mass is 10.0. The first-order valence-electron chi connectivity index (χ1n) is 16.8. The van der Waals surface area contributed by atoms with E-state index in [0.717, 1.165) is 17.0 Å². The third kappa shape index (κ3) is 9.06. The molecule has 0 amide bonds. The van der Waals surface area contributed by atoms with Crippen molar-refractivity contribution in [3.63, 3.8) is 0 Å². The molecule has 2 fully saturated rings. The number of ether oxygens (including phenoxy) is 3. The fourth-order valence-corrected chi connectivity index (χ4v) is 7.49. The average Bonchev–Trinajstić information content (AvgIpc) is 3.55. The van der Waals surface area contributed by atoms with Crippen molar-refractivity contribution in [2.24, 2.45) is 5.92 Å². The summed E-state index contributed by atoms with van der Waals surface area (Å²) in [5, 5.41) is 68.9. The number of carbonyl (C=O) groups excluding carboxylic acids is 1. The predicted octanol–water partition coefficient (Wildman–Crippen LogP) is -1.89. The monoisotopic (exact) mass is 804 g/mol. The summed E-state index contributed by atoms with van der Waals surface area (Å²) in [5.41, 5.74) is 4.40. The third-order valence-corrected chi connectivity index (χ3v) is 10.4. The van der Waals surface area contributed by atoms with E-state index in [2.05, 4.69) is 9.97 Å². The lowest BCUT2D eigenvalue weighted by Gasteiger charge is -2.26. The number of nitriles is 2. The van der Waals surface area contributed by atoms with E-state index in [-0.39, 0.29) is 29.7 Å². The first-order chi connectivity index (χ1) is 26.4. The van der Waals surface area contributed by atoms with Gasteiger partial charge in [-0.05, 0) is 38.1 Å². The molecule has 2 saturated heterocycles. The van der Waals surface area contributed by atoms with Crippen molar-refractivity contribution >= 4 is 25.2 Å². The average molecular weight is 805 g/mol. The smallest absolute Gasteiger partial charge is 0.380 e. The highest BCUT2D eigenvalue weighted by Crippen LogP contribution is 2.51. The van der Waals surface area contributed by atoms with Gasteiger partial charge in [-0.1, -0.05) is 25.1 Å². The van der Waals surface area contributed by atoms with Crippen molar-refractivity contribution in [1.82, 2.24) is 19.1 Å². The molecule has 9 N–H and O–H groups in total. The van der Waals surface area contributed by atoms with Crippen LogP contribution in [0.5, 0.6) is 5.75 Å². The van der Waals surface area contributed by atoms with Crippen LogP contribution in [-0.4, -0.2) is 113 Å². The summed E-state index contributed by atoms with van der Waals surface area (Å²) in [6, 6.07) is 13.9. The quantitative estimate of drug-likeness (QED) is 0.0777. The van der Waals surface area contributed by atoms with Gasteiger partial charge in [0.25, 0.3) is 11.4 Å². The van der Waals surface area contributed by atoms with Gasteiger partial charge in [-0.15, -0.1) is 0 Å². The fraction of sp³-hybridized carbons (Fsp3) is 0.485. The van der Waals surface area contributed by atoms with Crippen LogP contribution in [0.15, 0.2) is 64.4 Å². The number of aromatic nitrogens is 4. The predicted molar refractivity (Wildman–Crippen MR) is 190 cm³/mol. The van der Waals surface area contributed by atoms with E-state index in [1.807, 2.05) is 0 Å². The zero-order chi connectivity index (χ0) is 41.6. The van der Waals surface area contributed by atoms with Crippen LogP contribution in [0, 0.1) is 28.6 Å². The molecular weight excluding hydrogens is 763 g/mol. The van der Waals surface area contributed by atoms with Gasteiger partial charge in [-0.25, -0.2) is 14.2 Å². The number of anilines is 2. The number of esters is 1. The minimum Gasteiger partial charge on any atom is -0.463 e. The maximum atomic E-state index is 13.7. The molecule has 0 saturated carbocycles. The zero-order valence-corrected chi connectivity index (χ0v) is 31.0. The highest BCUT2D eigenvalue weighted by atomic mass is 31.2. The van der Waals surface area contributed by atoms with Gasteiger partial charge in [0.2, 0.25) is 0 Å². The standard InChI is InChI=1S/C23H29N4O9P.C10H12N4O5/c1-14(2)34-21(30)15(3)12-37(32,36-16-7-5-4-6-8-16)33-11-17-19(28)20(29)23(13-24,35-17)27-10-9-18(25)26-22(27)31;11-4-10(8(17)7(16)5(3-15)19-10)14-2-1-6(12)13-9(14)18/h4-10,14-15,17,19-20,28-29H,11-12H2,1-3H3,(H2,25,26,31);1-2,5,7-8,15-17H,3H2,(H2,12,13,18)/t15-,17-,19-,20-,23-,37+;5-,7-,8-,10-/m11/s1. The van der Waals surface area contributed by atoms with Gasteiger partial charge in [0.15, 0.2) is 0 Å². The van der Waals surface area contributed by atoms with Crippen LogP contribution in [0.3, 0.4) is 0 Å². The normalized spacial score (nSPS) is 28.6. The number of rotatable bonds is 12. The van der Waals surface area contributed by atoms with Gasteiger partial charge in [0.1, 0.15) is 66.1 Å². The summed E-state index contributed by atoms with van der Waals surface area (Å²) >= 11 is 0. The number of para-hydroxylation sites is 1. The largest absolute Gasteiger partial charge is 0.463 e. The second kappa shape index (κ2) is 17.7. The Balaban J connectivity index is 0.000000306. The second-order valence-corrected chi connectivity index (χ2v) is 14.9. The molecule has 1 aromatic carbocycles. The van der Waals surface area contributed by atoms with Crippen molar-refractivity contribution in [2.45, 2.75) is 74.9 Å². The molecule has 2 aliphatic heterocycles. The Morgan fingerprint density at radius 2 is 1.38 bits per heavy atom. The number of nitrogen functional groups attached to an aromatic ring is 2. The van der Waals surface area contributed by atoms with E-state index in [1.54, 1.807) is 56.3 Å². The number of benzene rings is 1. The molecule has 56 heavy (non-hydrogen) atoms. The number of carbonyl (C=O) groups is 1. The molecule has 0 bridgehead atoms. The third-order valence-electron chi connectivity index (χ3n) is 8.41. The van der Waals surface area contributed by atoms with E-state index in [0.29, 0.717) is 4.57 Å². The summed E-state index contributed by atoms with van der Waals surface area (Å²) in [5.74, 6) is -1.46. The Kier molecular flexibility index (Phi) is 13.7. The molecule has 22 nitrogen and oxygen atoms in total. The van der Waals surface area contributed by atoms with Gasteiger partial charge < -0.3 is 55.7 Å². The molecule has 302 valence electrons. The molecule has 5 rings (SSSR count). The molecule has 0 spiro atoms. The number of hydrogen-bond acceptors (Lipinski definition) is 20. The van der Waals surface area contributed by atoms with Crippen molar-refractivity contribution in [3.05, 3.63) is 75.8 Å². The van der Waals surface area contributed by atoms with E-state index in [1.165, 1.54) is 19.1 Å². The molecule has 0 radical (unpaired) electrons. The molecule has 0 aliphatic carbocycles. The van der Waals surface area contributed by atoms with Crippen LogP contribution >= 0.6 is 7.60 Å². The van der Waals surface area contributed by atoms with Crippen molar-refractivity contribution in [1.29, 1.82) is 10.5 Å². The van der Waals surface area contributed by atoms with E-state index < -0.39 is 92.1 Å². The zero-order valence-electron chi connectivity index (χ0n) is 30.1. The summed E-state index contributed by atoms with van der Waals surface area (Å²) in [6.45, 7) is 3.62. The lowest BCUT2D eigenvalue weighted by Crippen LogP contribution is -2.49. The molecule has 10 atom stereocenters. The number of nitrogens with zero attached hydrogens (tertiary/aromatic N) is 6. The summed E-state index contributed by atoms with van der Waals surface area (Å²) in [6.07, 6.45) is -7.97. The maximum Gasteiger partial charge on any atom is 0.380 e. The van der Waals surface area contributed by atoms with Gasteiger partial charge >= 0.3 is 24.9 Å². The Morgan fingerprint density at radius 1 is 0.893 bits per heavy atom. The fourth-order valence-electron chi connectivity index (χ4n) is 5.62. The van der Waals surface area contributed by atoms with E-state index in [4.69, 9.17) is 39.8 Å². The summed E-state index contributed by atoms with van der Waals surface area (Å²) in [7, 11) is -4.09. The van der Waals surface area contributed by atoms with Crippen LogP contribution in [0.25, 0.3) is 0 Å². The van der Waals surface area contributed by atoms with Crippen molar-refractivity contribution < 1.29 is 58.2 Å². The molecular formula is C33H41N8O14P. The SMILES string of the molecule is CC(C)OC(=O)[C@H](C)C[P@](=O)(OC[C@H]1O[C@@](C#N)(n2ccc(N)nc2=O)[C@H](O)[C@@H]1O)Oc1ccccc1.N#C[C@@]1(n2ccc(N)nc2=O)O[C@H](CO)[C@@H](O)[C@H]1O. The number of hydrogen-bond donors (Lipinski definition) is 7. The van der Waals surface area contributed by atoms with Crippen molar-refractivity contribution in [2.75, 3.05) is 30.8 Å². The maximum absolute atomic E-state index is 13.7. The minimum atomic E-state index is -4.09. The van der Waals surface area contributed by atoms with E-state index in [9.17, 15) is 49.9 Å². The van der Waals surface area contributed by atoms with E-state index >= 15 is 0 Å². The van der Waals surface area contributed by atoms with Crippen LogP contribution in [-0.2, 0) is 39.5 Å². The molecule has 23 heteroatoms.